The Kier molecular flexibility index (Phi) is 3.57. The Balaban J connectivity index is 2.30. The van der Waals surface area contributed by atoms with Crippen LogP contribution in [-0.4, -0.2) is 4.92 Å². The Morgan fingerprint density at radius 2 is 1.89 bits per heavy atom. The van der Waals surface area contributed by atoms with E-state index in [0.717, 1.165) is 0 Å². The van der Waals surface area contributed by atoms with Crippen LogP contribution < -0.4 is 4.74 Å². The molecule has 0 bridgehead atoms. The number of nitro benzene ring substituents is 1. The largest absolute Gasteiger partial charge is 0.453 e. The number of non-ortho nitro benzene ring substituents is 1. The minimum absolute atomic E-state index is 0.0621. The first-order valence-electron chi connectivity index (χ1n) is 4.94. The highest BCUT2D eigenvalue weighted by molar-refractivity contribution is 9.10. The fraction of sp³-hybridized carbons (Fsp3) is 0. The molecule has 0 aliphatic carbocycles. The third-order valence-corrected chi connectivity index (χ3v) is 2.80. The van der Waals surface area contributed by atoms with Crippen molar-refractivity contribution in [3.63, 3.8) is 0 Å². The highest BCUT2D eigenvalue weighted by atomic mass is 79.9. The van der Waals surface area contributed by atoms with E-state index in [9.17, 15) is 14.5 Å². The minimum Gasteiger partial charge on any atom is -0.453 e. The summed E-state index contributed by atoms with van der Waals surface area (Å²) >= 11 is 3.15. The van der Waals surface area contributed by atoms with Gasteiger partial charge in [-0.25, -0.2) is 4.39 Å². The lowest BCUT2D eigenvalue weighted by Gasteiger charge is -2.08. The molecule has 0 aromatic heterocycles. The molecular weight excluding hydrogens is 305 g/mol. The van der Waals surface area contributed by atoms with E-state index in [1.807, 2.05) is 0 Å². The van der Waals surface area contributed by atoms with Crippen molar-refractivity contribution in [3.05, 3.63) is 62.9 Å². The molecule has 0 unspecified atom stereocenters. The highest BCUT2D eigenvalue weighted by Gasteiger charge is 2.11. The SMILES string of the molecule is O=[N+]([O-])c1ccc(Oc2ccccc2F)c(Br)c1. The van der Waals surface area contributed by atoms with E-state index < -0.39 is 10.7 Å². The van der Waals surface area contributed by atoms with Crippen molar-refractivity contribution in [2.75, 3.05) is 0 Å². The molecule has 0 heterocycles. The number of hydrogen-bond donors (Lipinski definition) is 0. The molecule has 2 aromatic rings. The lowest BCUT2D eigenvalue weighted by atomic mass is 10.3. The molecule has 0 N–H and O–H groups in total. The summed E-state index contributed by atoms with van der Waals surface area (Å²) < 4.78 is 19.1. The minimum atomic E-state index is -0.516. The molecule has 0 amide bonds. The first kappa shape index (κ1) is 12.5. The van der Waals surface area contributed by atoms with Gasteiger partial charge in [-0.1, -0.05) is 12.1 Å². The molecule has 0 radical (unpaired) electrons. The van der Waals surface area contributed by atoms with Gasteiger partial charge in [-0.3, -0.25) is 10.1 Å². The fourth-order valence-corrected chi connectivity index (χ4v) is 1.78. The van der Waals surface area contributed by atoms with Crippen LogP contribution in [-0.2, 0) is 0 Å². The smallest absolute Gasteiger partial charge is 0.270 e. The zero-order valence-corrected chi connectivity index (χ0v) is 10.6. The molecule has 6 heteroatoms. The van der Waals surface area contributed by atoms with Gasteiger partial charge in [0.05, 0.1) is 9.40 Å². The molecule has 0 saturated heterocycles. The molecule has 0 spiro atoms. The average Bonchev–Trinajstić information content (AvgIpc) is 2.34. The van der Waals surface area contributed by atoms with Gasteiger partial charge in [0, 0.05) is 12.1 Å². The van der Waals surface area contributed by atoms with E-state index in [4.69, 9.17) is 4.74 Å². The summed E-state index contributed by atoms with van der Waals surface area (Å²) in [6.07, 6.45) is 0. The van der Waals surface area contributed by atoms with E-state index in [-0.39, 0.29) is 11.4 Å². The quantitative estimate of drug-likeness (QED) is 0.627. The molecule has 2 aromatic carbocycles. The average molecular weight is 312 g/mol. The van der Waals surface area contributed by atoms with Gasteiger partial charge < -0.3 is 4.74 Å². The first-order chi connectivity index (χ1) is 8.58. The maximum Gasteiger partial charge on any atom is 0.270 e. The first-order valence-corrected chi connectivity index (χ1v) is 5.73. The van der Waals surface area contributed by atoms with Crippen molar-refractivity contribution in [3.8, 4) is 11.5 Å². The number of halogens is 2. The zero-order chi connectivity index (χ0) is 13.1. The topological polar surface area (TPSA) is 52.4 Å². The third-order valence-electron chi connectivity index (χ3n) is 2.18. The Hall–Kier alpha value is -1.95. The van der Waals surface area contributed by atoms with Crippen molar-refractivity contribution in [1.29, 1.82) is 0 Å². The van der Waals surface area contributed by atoms with E-state index >= 15 is 0 Å². The van der Waals surface area contributed by atoms with Gasteiger partial charge >= 0.3 is 0 Å². The number of nitro groups is 1. The lowest BCUT2D eigenvalue weighted by molar-refractivity contribution is -0.384. The number of rotatable bonds is 3. The van der Waals surface area contributed by atoms with E-state index in [2.05, 4.69) is 15.9 Å². The highest BCUT2D eigenvalue weighted by Crippen LogP contribution is 2.33. The van der Waals surface area contributed by atoms with Crippen molar-refractivity contribution in [2.24, 2.45) is 0 Å². The summed E-state index contributed by atoms with van der Waals surface area (Å²) in [5.41, 5.74) is -0.0669. The normalized spacial score (nSPS) is 10.1. The molecule has 2 rings (SSSR count). The van der Waals surface area contributed by atoms with Crippen LogP contribution in [0.3, 0.4) is 0 Å². The zero-order valence-electron chi connectivity index (χ0n) is 8.97. The standard InChI is InChI=1S/C12H7BrFNO3/c13-9-7-8(15(16)17)5-6-11(9)18-12-4-2-1-3-10(12)14/h1-7H. The van der Waals surface area contributed by atoms with Gasteiger partial charge in [0.25, 0.3) is 5.69 Å². The molecule has 92 valence electrons. The number of benzene rings is 2. The monoisotopic (exact) mass is 311 g/mol. The molecule has 18 heavy (non-hydrogen) atoms. The second-order valence-electron chi connectivity index (χ2n) is 3.40. The summed E-state index contributed by atoms with van der Waals surface area (Å²) in [5, 5.41) is 10.6. The molecule has 0 saturated carbocycles. The van der Waals surface area contributed by atoms with Gasteiger partial charge in [0.2, 0.25) is 0 Å². The van der Waals surface area contributed by atoms with Crippen LogP contribution >= 0.6 is 15.9 Å². The summed E-state index contributed by atoms with van der Waals surface area (Å²) in [6, 6.07) is 9.94. The molecule has 0 aliphatic rings. The summed E-state index contributed by atoms with van der Waals surface area (Å²) in [5.74, 6) is -0.125. The second-order valence-corrected chi connectivity index (χ2v) is 4.26. The Morgan fingerprint density at radius 3 is 2.50 bits per heavy atom. The molecule has 0 aliphatic heterocycles. The van der Waals surface area contributed by atoms with Crippen LogP contribution in [0.15, 0.2) is 46.9 Å². The lowest BCUT2D eigenvalue weighted by Crippen LogP contribution is -1.91. The van der Waals surface area contributed by atoms with Crippen LogP contribution in [0, 0.1) is 15.9 Å². The predicted molar refractivity (Wildman–Crippen MR) is 67.3 cm³/mol. The van der Waals surface area contributed by atoms with E-state index in [0.29, 0.717) is 10.2 Å². The maximum atomic E-state index is 13.4. The molecule has 0 atom stereocenters. The molecule has 0 fully saturated rings. The Labute approximate surface area is 110 Å². The van der Waals surface area contributed by atoms with Gasteiger partial charge in [0.15, 0.2) is 11.6 Å². The van der Waals surface area contributed by atoms with Crippen molar-refractivity contribution < 1.29 is 14.1 Å². The second kappa shape index (κ2) is 5.14. The van der Waals surface area contributed by atoms with Gasteiger partial charge in [-0.05, 0) is 34.1 Å². The van der Waals surface area contributed by atoms with Crippen LogP contribution in [0.4, 0.5) is 10.1 Å². The number of para-hydroxylation sites is 1. The van der Waals surface area contributed by atoms with Crippen LogP contribution in [0.25, 0.3) is 0 Å². The van der Waals surface area contributed by atoms with E-state index in [1.165, 1.54) is 30.3 Å². The predicted octanol–water partition coefficient (Wildman–Crippen LogP) is 4.29. The van der Waals surface area contributed by atoms with E-state index in [1.54, 1.807) is 12.1 Å². The van der Waals surface area contributed by atoms with Crippen LogP contribution in [0.1, 0.15) is 0 Å². The third kappa shape index (κ3) is 2.65. The summed E-state index contributed by atoms with van der Waals surface area (Å²) in [7, 11) is 0. The van der Waals surface area contributed by atoms with Gasteiger partial charge in [-0.15, -0.1) is 0 Å². The fourth-order valence-electron chi connectivity index (χ4n) is 1.33. The summed E-state index contributed by atoms with van der Waals surface area (Å²) in [4.78, 5) is 10.0. The Morgan fingerprint density at radius 1 is 1.17 bits per heavy atom. The van der Waals surface area contributed by atoms with Crippen molar-refractivity contribution >= 4 is 21.6 Å². The molecule has 4 nitrogen and oxygen atoms in total. The van der Waals surface area contributed by atoms with Crippen LogP contribution in [0.5, 0.6) is 11.5 Å². The van der Waals surface area contributed by atoms with Gasteiger partial charge in [-0.2, -0.15) is 0 Å². The summed E-state index contributed by atoms with van der Waals surface area (Å²) in [6.45, 7) is 0. The Bertz CT molecular complexity index is 604. The number of ether oxygens (including phenoxy) is 1. The number of nitrogens with zero attached hydrogens (tertiary/aromatic N) is 1. The maximum absolute atomic E-state index is 13.4. The van der Waals surface area contributed by atoms with Gasteiger partial charge in [0.1, 0.15) is 5.75 Å². The van der Waals surface area contributed by atoms with Crippen LogP contribution in [0.2, 0.25) is 0 Å². The molecular formula is C12H7BrFNO3. The number of hydrogen-bond acceptors (Lipinski definition) is 3. The van der Waals surface area contributed by atoms with Crippen molar-refractivity contribution in [2.45, 2.75) is 0 Å². The van der Waals surface area contributed by atoms with Crippen molar-refractivity contribution in [1.82, 2.24) is 0 Å².